The Morgan fingerprint density at radius 3 is 2.96 bits per heavy atom. The van der Waals surface area contributed by atoms with Gasteiger partial charge < -0.3 is 11.5 Å². The molecule has 1 aliphatic rings. The minimum Gasteiger partial charge on any atom is -0.382 e. The Labute approximate surface area is 144 Å². The topological polar surface area (TPSA) is 95.1 Å². The number of pyridine rings is 1. The number of para-hydroxylation sites is 1. The van der Waals surface area contributed by atoms with E-state index in [1.807, 2.05) is 28.9 Å². The third-order valence-corrected chi connectivity index (χ3v) is 5.06. The van der Waals surface area contributed by atoms with E-state index < -0.39 is 0 Å². The molecule has 0 spiro atoms. The Kier molecular flexibility index (Phi) is 3.02. The summed E-state index contributed by atoms with van der Waals surface area (Å²) in [6, 6.07) is 10.4. The second-order valence-corrected chi connectivity index (χ2v) is 6.63. The quantitative estimate of drug-likeness (QED) is 0.558. The van der Waals surface area contributed by atoms with Crippen molar-refractivity contribution in [1.82, 2.24) is 19.6 Å². The Morgan fingerprint density at radius 1 is 1.16 bits per heavy atom. The molecule has 0 bridgehead atoms. The Bertz CT molecular complexity index is 1110. The van der Waals surface area contributed by atoms with Gasteiger partial charge in [-0.05, 0) is 30.5 Å². The van der Waals surface area contributed by atoms with Gasteiger partial charge in [0.2, 0.25) is 0 Å². The van der Waals surface area contributed by atoms with E-state index in [0.29, 0.717) is 5.82 Å². The molecule has 5 rings (SSSR count). The highest BCUT2D eigenvalue weighted by Crippen LogP contribution is 2.38. The van der Waals surface area contributed by atoms with Crippen LogP contribution in [0, 0.1) is 0 Å². The van der Waals surface area contributed by atoms with Crippen molar-refractivity contribution in [2.75, 3.05) is 5.73 Å². The van der Waals surface area contributed by atoms with Crippen LogP contribution in [-0.2, 0) is 12.8 Å². The molecular weight excluding hydrogens is 312 g/mol. The maximum Gasteiger partial charge on any atom is 0.151 e. The predicted octanol–water partition coefficient (Wildman–Crippen LogP) is 2.34. The predicted molar refractivity (Wildman–Crippen MR) is 98.1 cm³/mol. The van der Waals surface area contributed by atoms with Crippen LogP contribution in [0.2, 0.25) is 0 Å². The highest BCUT2D eigenvalue weighted by molar-refractivity contribution is 5.94. The number of nitrogens with two attached hydrogens (primary N) is 2. The van der Waals surface area contributed by atoms with Crippen LogP contribution in [0.5, 0.6) is 0 Å². The summed E-state index contributed by atoms with van der Waals surface area (Å²) in [7, 11) is 0. The van der Waals surface area contributed by atoms with E-state index in [1.54, 1.807) is 0 Å². The summed E-state index contributed by atoms with van der Waals surface area (Å²) in [6.07, 6.45) is 6.10. The van der Waals surface area contributed by atoms with E-state index >= 15 is 0 Å². The molecule has 0 unspecified atom stereocenters. The van der Waals surface area contributed by atoms with E-state index in [9.17, 15) is 0 Å². The number of benzene rings is 1. The molecule has 3 aromatic heterocycles. The summed E-state index contributed by atoms with van der Waals surface area (Å²) in [4.78, 5) is 8.83. The van der Waals surface area contributed by atoms with Gasteiger partial charge in [-0.1, -0.05) is 18.2 Å². The van der Waals surface area contributed by atoms with Crippen LogP contribution in [0.15, 0.2) is 42.9 Å². The first-order valence-electron chi connectivity index (χ1n) is 8.46. The molecule has 0 fully saturated rings. The van der Waals surface area contributed by atoms with Crippen LogP contribution in [0.4, 0.5) is 5.82 Å². The van der Waals surface area contributed by atoms with Crippen molar-refractivity contribution in [1.29, 1.82) is 0 Å². The van der Waals surface area contributed by atoms with Gasteiger partial charge in [0, 0.05) is 40.9 Å². The van der Waals surface area contributed by atoms with Crippen molar-refractivity contribution in [2.45, 2.75) is 25.3 Å². The van der Waals surface area contributed by atoms with Gasteiger partial charge in [0.05, 0.1) is 5.52 Å². The molecule has 6 nitrogen and oxygen atoms in total. The summed E-state index contributed by atoms with van der Waals surface area (Å²) >= 11 is 0. The molecule has 1 atom stereocenters. The molecule has 0 saturated carbocycles. The van der Waals surface area contributed by atoms with Gasteiger partial charge in [0.1, 0.15) is 11.8 Å². The molecule has 0 saturated heterocycles. The Hall–Kier alpha value is -2.99. The van der Waals surface area contributed by atoms with E-state index in [-0.39, 0.29) is 6.04 Å². The lowest BCUT2D eigenvalue weighted by Gasteiger charge is -2.19. The molecule has 3 heterocycles. The van der Waals surface area contributed by atoms with Gasteiger partial charge in [-0.3, -0.25) is 4.98 Å². The molecule has 1 aromatic carbocycles. The molecule has 6 heteroatoms. The zero-order valence-electron chi connectivity index (χ0n) is 13.7. The first-order valence-corrected chi connectivity index (χ1v) is 8.46. The fraction of sp³-hybridized carbons (Fsp3) is 0.211. The molecule has 1 aliphatic carbocycles. The maximum atomic E-state index is 6.23. The summed E-state index contributed by atoms with van der Waals surface area (Å²) in [5.41, 5.74) is 18.8. The van der Waals surface area contributed by atoms with Crippen molar-refractivity contribution in [3.63, 3.8) is 0 Å². The Balaban J connectivity index is 1.85. The number of rotatable bonds is 1. The van der Waals surface area contributed by atoms with Crippen molar-refractivity contribution >= 4 is 22.2 Å². The van der Waals surface area contributed by atoms with Crippen LogP contribution in [0.1, 0.15) is 17.7 Å². The van der Waals surface area contributed by atoms with Gasteiger partial charge in [0.25, 0.3) is 0 Å². The van der Waals surface area contributed by atoms with Gasteiger partial charge >= 0.3 is 0 Å². The van der Waals surface area contributed by atoms with Gasteiger partial charge in [0.15, 0.2) is 5.82 Å². The van der Waals surface area contributed by atoms with E-state index in [1.165, 1.54) is 11.9 Å². The number of nitrogen functional groups attached to an aromatic ring is 1. The molecular formula is C19H18N6. The number of aromatic nitrogens is 4. The monoisotopic (exact) mass is 330 g/mol. The minimum atomic E-state index is 0.157. The van der Waals surface area contributed by atoms with Gasteiger partial charge in [-0.25, -0.2) is 9.50 Å². The number of hydrogen-bond acceptors (Lipinski definition) is 5. The van der Waals surface area contributed by atoms with E-state index in [0.717, 1.165) is 52.5 Å². The van der Waals surface area contributed by atoms with Crippen LogP contribution < -0.4 is 11.5 Å². The largest absolute Gasteiger partial charge is 0.382 e. The van der Waals surface area contributed by atoms with Gasteiger partial charge in [-0.15, -0.1) is 0 Å². The second-order valence-electron chi connectivity index (χ2n) is 6.63. The molecule has 0 radical (unpaired) electrons. The average molecular weight is 330 g/mol. The van der Waals surface area contributed by atoms with E-state index in [2.05, 4.69) is 27.2 Å². The molecule has 25 heavy (non-hydrogen) atoms. The average Bonchev–Trinajstić information content (AvgIpc) is 2.96. The third kappa shape index (κ3) is 2.11. The van der Waals surface area contributed by atoms with Crippen LogP contribution in [0.3, 0.4) is 0 Å². The molecule has 4 N–H and O–H groups in total. The maximum absolute atomic E-state index is 6.23. The highest BCUT2D eigenvalue weighted by Gasteiger charge is 2.27. The number of anilines is 1. The summed E-state index contributed by atoms with van der Waals surface area (Å²) in [5.74, 6) is 0.487. The van der Waals surface area contributed by atoms with Gasteiger partial charge in [-0.2, -0.15) is 5.10 Å². The zero-order chi connectivity index (χ0) is 17.0. The fourth-order valence-corrected chi connectivity index (χ4v) is 3.90. The normalized spacial score (nSPS) is 17.1. The van der Waals surface area contributed by atoms with Crippen LogP contribution >= 0.6 is 0 Å². The third-order valence-electron chi connectivity index (χ3n) is 5.06. The zero-order valence-corrected chi connectivity index (χ0v) is 13.7. The summed E-state index contributed by atoms with van der Waals surface area (Å²) < 4.78 is 1.92. The molecule has 0 aliphatic heterocycles. The highest BCUT2D eigenvalue weighted by atomic mass is 15.3. The van der Waals surface area contributed by atoms with Crippen molar-refractivity contribution in [2.24, 2.45) is 5.73 Å². The summed E-state index contributed by atoms with van der Waals surface area (Å²) in [6.45, 7) is 0. The molecule has 4 aromatic rings. The number of fused-ring (bicyclic) bond motifs is 4. The number of hydrogen-bond donors (Lipinski definition) is 2. The van der Waals surface area contributed by atoms with E-state index in [4.69, 9.17) is 11.5 Å². The second kappa shape index (κ2) is 5.26. The number of nitrogens with zero attached hydrogens (tertiary/aromatic N) is 4. The minimum absolute atomic E-state index is 0.157. The lowest BCUT2D eigenvalue weighted by molar-refractivity contribution is 0.559. The SMILES string of the molecule is Nc1ncnn2c3c(c(-c4cnc5ccccc5c4)c12)CC[C@H](N)C3. The Morgan fingerprint density at radius 2 is 2.04 bits per heavy atom. The first kappa shape index (κ1) is 14.4. The first-order chi connectivity index (χ1) is 12.2. The van der Waals surface area contributed by atoms with Crippen LogP contribution in [-0.4, -0.2) is 25.6 Å². The van der Waals surface area contributed by atoms with Crippen molar-refractivity contribution in [3.05, 3.63) is 54.1 Å². The standard InChI is InChI=1S/C19H18N6/c20-13-5-6-14-16(8-13)25-18(19(21)23-10-24-25)17(14)12-7-11-3-1-2-4-15(11)22-9-12/h1-4,7,9-10,13H,5-6,8,20H2,(H2,21,23,24)/t13-/m0/s1. The lowest BCUT2D eigenvalue weighted by atomic mass is 9.89. The summed E-state index contributed by atoms with van der Waals surface area (Å²) in [5, 5.41) is 5.56. The van der Waals surface area contributed by atoms with Crippen molar-refractivity contribution in [3.8, 4) is 11.1 Å². The molecule has 124 valence electrons. The fourth-order valence-electron chi connectivity index (χ4n) is 3.90. The smallest absolute Gasteiger partial charge is 0.151 e. The van der Waals surface area contributed by atoms with Crippen LogP contribution in [0.25, 0.3) is 27.5 Å². The molecule has 0 amide bonds. The van der Waals surface area contributed by atoms with Crippen molar-refractivity contribution < 1.29 is 0 Å². The lowest BCUT2D eigenvalue weighted by Crippen LogP contribution is -2.28.